The van der Waals surface area contributed by atoms with Gasteiger partial charge in [-0.1, -0.05) is 0 Å². The molecule has 0 aliphatic carbocycles. The van der Waals surface area contributed by atoms with Gasteiger partial charge in [-0.2, -0.15) is 13.2 Å². The molecule has 0 aromatic rings. The van der Waals surface area contributed by atoms with Gasteiger partial charge in [-0.15, -0.1) is 0 Å². The normalized spacial score (nSPS) is 12.4. The number of ether oxygens (including phenoxy) is 2. The van der Waals surface area contributed by atoms with Crippen LogP contribution in [0.2, 0.25) is 0 Å². The number of hydrogen-bond acceptors (Lipinski definition) is 3. The van der Waals surface area contributed by atoms with Crippen LogP contribution in [0, 0.1) is 0 Å². The number of halogens is 3. The Morgan fingerprint density at radius 1 is 1.13 bits per heavy atom. The first-order valence-corrected chi connectivity index (χ1v) is 4.82. The number of rotatable bonds is 8. The van der Waals surface area contributed by atoms with Crippen molar-refractivity contribution >= 4 is 0 Å². The summed E-state index contributed by atoms with van der Waals surface area (Å²) in [7, 11) is 3.03. The Morgan fingerprint density at radius 2 is 1.73 bits per heavy atom. The molecular formula is C9H18F3NO2. The van der Waals surface area contributed by atoms with Crippen molar-refractivity contribution in [1.82, 2.24) is 5.32 Å². The van der Waals surface area contributed by atoms with Crippen molar-refractivity contribution in [2.24, 2.45) is 0 Å². The van der Waals surface area contributed by atoms with E-state index < -0.39 is 12.6 Å². The summed E-state index contributed by atoms with van der Waals surface area (Å²) in [6, 6.07) is 0. The Balaban J connectivity index is 3.25. The van der Waals surface area contributed by atoms with Crippen molar-refractivity contribution in [1.29, 1.82) is 0 Å². The monoisotopic (exact) mass is 229 g/mol. The maximum absolute atomic E-state index is 11.7. The first-order valence-electron chi connectivity index (χ1n) is 4.82. The smallest absolute Gasteiger partial charge is 0.355 e. The molecule has 0 aromatic carbocycles. The average molecular weight is 229 g/mol. The van der Waals surface area contributed by atoms with Crippen molar-refractivity contribution < 1.29 is 22.6 Å². The molecule has 15 heavy (non-hydrogen) atoms. The zero-order chi connectivity index (χ0) is 11.7. The minimum atomic E-state index is -4.04. The first-order chi connectivity index (χ1) is 6.99. The molecule has 0 fully saturated rings. The highest BCUT2D eigenvalue weighted by Gasteiger charge is 2.25. The summed E-state index contributed by atoms with van der Waals surface area (Å²) in [5.41, 5.74) is 0. The lowest BCUT2D eigenvalue weighted by Gasteiger charge is -2.14. The second kappa shape index (κ2) is 7.90. The summed E-state index contributed by atoms with van der Waals surface area (Å²) in [6.07, 6.45) is -4.44. The summed E-state index contributed by atoms with van der Waals surface area (Å²) in [5, 5.41) is 2.96. The van der Waals surface area contributed by atoms with Gasteiger partial charge in [0.15, 0.2) is 6.29 Å². The highest BCUT2D eigenvalue weighted by molar-refractivity contribution is 4.55. The van der Waals surface area contributed by atoms with Crippen LogP contribution in [0.4, 0.5) is 13.2 Å². The minimum Gasteiger partial charge on any atom is -0.355 e. The second-order valence-electron chi connectivity index (χ2n) is 3.18. The van der Waals surface area contributed by atoms with Crippen LogP contribution in [0.25, 0.3) is 0 Å². The predicted molar refractivity (Wildman–Crippen MR) is 50.6 cm³/mol. The van der Waals surface area contributed by atoms with Gasteiger partial charge in [0, 0.05) is 27.2 Å². The van der Waals surface area contributed by atoms with Crippen LogP contribution in [0.3, 0.4) is 0 Å². The van der Waals surface area contributed by atoms with E-state index in [4.69, 9.17) is 9.47 Å². The van der Waals surface area contributed by atoms with Crippen LogP contribution in [-0.4, -0.2) is 39.8 Å². The summed E-state index contributed by atoms with van der Waals surface area (Å²) in [6.45, 7) is 1.03. The first kappa shape index (κ1) is 14.7. The maximum atomic E-state index is 11.7. The van der Waals surface area contributed by atoms with E-state index in [1.165, 1.54) is 14.2 Å². The Kier molecular flexibility index (Phi) is 7.72. The number of nitrogens with one attached hydrogen (secondary N) is 1. The number of unbranched alkanes of at least 4 members (excludes halogenated alkanes) is 1. The molecule has 0 unspecified atom stereocenters. The molecule has 0 bridgehead atoms. The third-order valence-electron chi connectivity index (χ3n) is 1.90. The van der Waals surface area contributed by atoms with Crippen LogP contribution in [0.5, 0.6) is 0 Å². The quantitative estimate of drug-likeness (QED) is 0.509. The van der Waals surface area contributed by atoms with Gasteiger partial charge in [0.25, 0.3) is 0 Å². The van der Waals surface area contributed by atoms with E-state index in [1.807, 2.05) is 0 Å². The van der Waals surface area contributed by atoms with Crippen molar-refractivity contribution in [3.63, 3.8) is 0 Å². The molecule has 92 valence electrons. The Bertz CT molecular complexity index is 149. The summed E-state index contributed by atoms with van der Waals surface area (Å²) in [4.78, 5) is 0. The van der Waals surface area contributed by atoms with Gasteiger partial charge in [-0.05, 0) is 19.4 Å². The number of hydrogen-bond donors (Lipinski definition) is 1. The Hall–Kier alpha value is -0.330. The van der Waals surface area contributed by atoms with Crippen LogP contribution in [0.15, 0.2) is 0 Å². The van der Waals surface area contributed by atoms with Crippen LogP contribution in [-0.2, 0) is 9.47 Å². The predicted octanol–water partition coefficient (Wildman–Crippen LogP) is 1.93. The van der Waals surface area contributed by atoms with Crippen LogP contribution in [0.1, 0.15) is 19.3 Å². The van der Waals surface area contributed by atoms with Crippen molar-refractivity contribution in [3.8, 4) is 0 Å². The van der Waals surface area contributed by atoms with Gasteiger partial charge in [-0.25, -0.2) is 0 Å². The number of alkyl halides is 3. The molecule has 0 aromatic heterocycles. The molecule has 0 radical (unpaired) electrons. The largest absolute Gasteiger partial charge is 0.389 e. The SMILES string of the molecule is COC(CNCCCCC(F)(F)F)OC. The molecule has 0 heterocycles. The fourth-order valence-electron chi connectivity index (χ4n) is 1.06. The fourth-order valence-corrected chi connectivity index (χ4v) is 1.06. The van der Waals surface area contributed by atoms with Crippen LogP contribution < -0.4 is 5.32 Å². The van der Waals surface area contributed by atoms with E-state index in [0.717, 1.165) is 0 Å². The zero-order valence-electron chi connectivity index (χ0n) is 9.06. The molecule has 0 atom stereocenters. The average Bonchev–Trinajstić information content (AvgIpc) is 2.15. The van der Waals surface area contributed by atoms with Crippen molar-refractivity contribution in [2.75, 3.05) is 27.3 Å². The third kappa shape index (κ3) is 9.96. The molecule has 1 N–H and O–H groups in total. The maximum Gasteiger partial charge on any atom is 0.389 e. The van der Waals surface area contributed by atoms with E-state index >= 15 is 0 Å². The second-order valence-corrected chi connectivity index (χ2v) is 3.18. The highest BCUT2D eigenvalue weighted by Crippen LogP contribution is 2.21. The van der Waals surface area contributed by atoms with Gasteiger partial charge >= 0.3 is 6.18 Å². The van der Waals surface area contributed by atoms with Crippen molar-refractivity contribution in [2.45, 2.75) is 31.7 Å². The molecule has 0 aliphatic rings. The molecule has 0 aliphatic heterocycles. The van der Waals surface area contributed by atoms with Gasteiger partial charge in [-0.3, -0.25) is 0 Å². The molecule has 0 saturated heterocycles. The summed E-state index contributed by atoms with van der Waals surface area (Å²) >= 11 is 0. The lowest BCUT2D eigenvalue weighted by molar-refractivity contribution is -0.135. The topological polar surface area (TPSA) is 30.5 Å². The van der Waals surface area contributed by atoms with E-state index in [9.17, 15) is 13.2 Å². The molecule has 0 spiro atoms. The molecule has 6 heteroatoms. The Labute approximate surface area is 87.9 Å². The summed E-state index contributed by atoms with van der Waals surface area (Å²) in [5.74, 6) is 0. The molecule has 0 rings (SSSR count). The van der Waals surface area contributed by atoms with Gasteiger partial charge in [0.2, 0.25) is 0 Å². The minimum absolute atomic E-state index is 0.154. The number of methoxy groups -OCH3 is 2. The van der Waals surface area contributed by atoms with Gasteiger partial charge in [0.05, 0.1) is 0 Å². The lowest BCUT2D eigenvalue weighted by atomic mass is 10.2. The van der Waals surface area contributed by atoms with Gasteiger partial charge in [0.1, 0.15) is 0 Å². The zero-order valence-corrected chi connectivity index (χ0v) is 9.06. The molecule has 0 saturated carbocycles. The standard InChI is InChI=1S/C9H18F3NO2/c1-14-8(15-2)7-13-6-4-3-5-9(10,11)12/h8,13H,3-7H2,1-2H3. The van der Waals surface area contributed by atoms with E-state index in [2.05, 4.69) is 5.32 Å². The fraction of sp³-hybridized carbons (Fsp3) is 1.00. The lowest BCUT2D eigenvalue weighted by Crippen LogP contribution is -2.30. The van der Waals surface area contributed by atoms with E-state index in [1.54, 1.807) is 0 Å². The molecule has 0 amide bonds. The molecular weight excluding hydrogens is 211 g/mol. The third-order valence-corrected chi connectivity index (χ3v) is 1.90. The van der Waals surface area contributed by atoms with E-state index in [0.29, 0.717) is 19.5 Å². The van der Waals surface area contributed by atoms with Crippen LogP contribution >= 0.6 is 0 Å². The van der Waals surface area contributed by atoms with E-state index in [-0.39, 0.29) is 12.7 Å². The van der Waals surface area contributed by atoms with Gasteiger partial charge < -0.3 is 14.8 Å². The van der Waals surface area contributed by atoms with Crippen molar-refractivity contribution in [3.05, 3.63) is 0 Å². The Morgan fingerprint density at radius 3 is 2.20 bits per heavy atom. The molecule has 3 nitrogen and oxygen atoms in total. The highest BCUT2D eigenvalue weighted by atomic mass is 19.4. The summed E-state index contributed by atoms with van der Waals surface area (Å²) < 4.78 is 45.0.